The van der Waals surface area contributed by atoms with Gasteiger partial charge in [0.05, 0.1) is 12.6 Å². The summed E-state index contributed by atoms with van der Waals surface area (Å²) >= 11 is 0. The molecular weight excluding hydrogens is 238 g/mol. The molecule has 4 heteroatoms. The van der Waals surface area contributed by atoms with E-state index in [0.29, 0.717) is 6.61 Å². The van der Waals surface area contributed by atoms with E-state index in [9.17, 15) is 0 Å². The molecular formula is C15H19N3O. The summed E-state index contributed by atoms with van der Waals surface area (Å²) in [6, 6.07) is 9.83. The molecule has 0 aliphatic carbocycles. The highest BCUT2D eigenvalue weighted by Gasteiger charge is 2.15. The third-order valence-electron chi connectivity index (χ3n) is 2.99. The van der Waals surface area contributed by atoms with E-state index in [4.69, 9.17) is 10.5 Å². The van der Waals surface area contributed by atoms with Crippen molar-refractivity contribution >= 4 is 5.69 Å². The first-order valence-corrected chi connectivity index (χ1v) is 6.35. The Morgan fingerprint density at radius 3 is 2.89 bits per heavy atom. The number of nitrogen functional groups attached to an aromatic ring is 1. The van der Waals surface area contributed by atoms with Crippen LogP contribution in [-0.4, -0.2) is 18.6 Å². The van der Waals surface area contributed by atoms with Gasteiger partial charge in [-0.1, -0.05) is 12.1 Å². The third-order valence-corrected chi connectivity index (χ3v) is 2.99. The molecule has 0 fully saturated rings. The Morgan fingerprint density at radius 2 is 2.21 bits per heavy atom. The van der Waals surface area contributed by atoms with E-state index in [1.807, 2.05) is 38.2 Å². The van der Waals surface area contributed by atoms with Crippen LogP contribution in [0.4, 0.5) is 5.69 Å². The van der Waals surface area contributed by atoms with Gasteiger partial charge in [0.1, 0.15) is 5.75 Å². The second-order valence-electron chi connectivity index (χ2n) is 4.23. The minimum Gasteiger partial charge on any atom is -0.494 e. The summed E-state index contributed by atoms with van der Waals surface area (Å²) in [5.74, 6) is 0.864. The molecule has 0 aliphatic heterocycles. The van der Waals surface area contributed by atoms with E-state index in [2.05, 4.69) is 16.4 Å². The molecule has 0 amide bonds. The lowest BCUT2D eigenvalue weighted by atomic mass is 9.99. The van der Waals surface area contributed by atoms with Crippen LogP contribution in [-0.2, 0) is 0 Å². The van der Waals surface area contributed by atoms with Crippen molar-refractivity contribution in [3.8, 4) is 5.75 Å². The molecule has 1 heterocycles. The predicted octanol–water partition coefficient (Wildman–Crippen LogP) is 2.37. The second-order valence-corrected chi connectivity index (χ2v) is 4.23. The van der Waals surface area contributed by atoms with Gasteiger partial charge in [0, 0.05) is 23.6 Å². The van der Waals surface area contributed by atoms with Crippen LogP contribution in [0.5, 0.6) is 5.75 Å². The summed E-state index contributed by atoms with van der Waals surface area (Å²) in [5.41, 5.74) is 8.83. The zero-order chi connectivity index (χ0) is 13.7. The Bertz CT molecular complexity index is 542. The third kappa shape index (κ3) is 3.03. The Labute approximate surface area is 113 Å². The molecule has 0 saturated carbocycles. The fraction of sp³-hybridized carbons (Fsp3) is 0.267. The second kappa shape index (κ2) is 6.20. The number of pyridine rings is 1. The van der Waals surface area contributed by atoms with Crippen molar-refractivity contribution in [1.29, 1.82) is 0 Å². The quantitative estimate of drug-likeness (QED) is 0.863. The molecule has 100 valence electrons. The number of hydrogen-bond donors (Lipinski definition) is 2. The van der Waals surface area contributed by atoms with Gasteiger partial charge in [-0.25, -0.2) is 0 Å². The zero-order valence-electron chi connectivity index (χ0n) is 11.3. The predicted molar refractivity (Wildman–Crippen MR) is 77.2 cm³/mol. The Kier molecular flexibility index (Phi) is 4.36. The van der Waals surface area contributed by atoms with E-state index >= 15 is 0 Å². The molecule has 3 N–H and O–H groups in total. The van der Waals surface area contributed by atoms with Crippen LogP contribution in [0, 0.1) is 0 Å². The van der Waals surface area contributed by atoms with Crippen LogP contribution in [0.3, 0.4) is 0 Å². The Balaban J connectivity index is 2.37. The largest absolute Gasteiger partial charge is 0.494 e. The smallest absolute Gasteiger partial charge is 0.119 e. The highest BCUT2D eigenvalue weighted by molar-refractivity contribution is 5.50. The summed E-state index contributed by atoms with van der Waals surface area (Å²) in [6.45, 7) is 2.63. The fourth-order valence-electron chi connectivity index (χ4n) is 2.11. The summed E-state index contributed by atoms with van der Waals surface area (Å²) < 4.78 is 5.53. The van der Waals surface area contributed by atoms with Gasteiger partial charge in [0.15, 0.2) is 0 Å². The number of benzene rings is 1. The minimum absolute atomic E-state index is 0.00843. The van der Waals surface area contributed by atoms with Crippen LogP contribution in [0.15, 0.2) is 42.7 Å². The SMILES string of the molecule is CCOc1cccc(C(NC)c2cnccc2N)c1. The van der Waals surface area contributed by atoms with E-state index < -0.39 is 0 Å². The number of hydrogen-bond acceptors (Lipinski definition) is 4. The number of nitrogens with zero attached hydrogens (tertiary/aromatic N) is 1. The highest BCUT2D eigenvalue weighted by Crippen LogP contribution is 2.27. The van der Waals surface area contributed by atoms with Gasteiger partial charge in [0.2, 0.25) is 0 Å². The van der Waals surface area contributed by atoms with Crippen molar-refractivity contribution in [3.63, 3.8) is 0 Å². The van der Waals surface area contributed by atoms with Gasteiger partial charge >= 0.3 is 0 Å². The van der Waals surface area contributed by atoms with Crippen molar-refractivity contribution in [2.75, 3.05) is 19.4 Å². The molecule has 0 aliphatic rings. The maximum Gasteiger partial charge on any atom is 0.119 e. The highest BCUT2D eigenvalue weighted by atomic mass is 16.5. The van der Waals surface area contributed by atoms with Crippen molar-refractivity contribution in [2.24, 2.45) is 0 Å². The fourth-order valence-corrected chi connectivity index (χ4v) is 2.11. The molecule has 0 saturated heterocycles. The van der Waals surface area contributed by atoms with Crippen LogP contribution >= 0.6 is 0 Å². The number of rotatable bonds is 5. The summed E-state index contributed by atoms with van der Waals surface area (Å²) in [7, 11) is 1.91. The number of nitrogens with two attached hydrogens (primary N) is 1. The molecule has 4 nitrogen and oxygen atoms in total. The lowest BCUT2D eigenvalue weighted by molar-refractivity contribution is 0.339. The molecule has 2 rings (SSSR count). The van der Waals surface area contributed by atoms with Crippen molar-refractivity contribution in [2.45, 2.75) is 13.0 Å². The molecule has 19 heavy (non-hydrogen) atoms. The molecule has 0 bridgehead atoms. The lowest BCUT2D eigenvalue weighted by Gasteiger charge is -2.19. The van der Waals surface area contributed by atoms with Gasteiger partial charge in [-0.2, -0.15) is 0 Å². The number of nitrogens with one attached hydrogen (secondary N) is 1. The summed E-state index contributed by atoms with van der Waals surface area (Å²) in [6.07, 6.45) is 3.49. The first-order valence-electron chi connectivity index (χ1n) is 6.35. The van der Waals surface area contributed by atoms with E-state index in [1.54, 1.807) is 12.4 Å². The van der Waals surface area contributed by atoms with Gasteiger partial charge < -0.3 is 15.8 Å². The van der Waals surface area contributed by atoms with E-state index in [-0.39, 0.29) is 6.04 Å². The molecule has 2 aromatic rings. The minimum atomic E-state index is 0.00843. The van der Waals surface area contributed by atoms with Crippen LogP contribution in [0.25, 0.3) is 0 Å². The molecule has 1 unspecified atom stereocenters. The van der Waals surface area contributed by atoms with Crippen LogP contribution in [0.1, 0.15) is 24.1 Å². The van der Waals surface area contributed by atoms with Gasteiger partial charge in [-0.3, -0.25) is 4.98 Å². The number of aromatic nitrogens is 1. The average Bonchev–Trinajstić information content (AvgIpc) is 2.43. The first-order chi connectivity index (χ1) is 9.26. The van der Waals surface area contributed by atoms with E-state index in [0.717, 1.165) is 22.6 Å². The zero-order valence-corrected chi connectivity index (χ0v) is 11.3. The van der Waals surface area contributed by atoms with Gasteiger partial charge in [-0.05, 0) is 37.7 Å². The van der Waals surface area contributed by atoms with Crippen LogP contribution in [0.2, 0.25) is 0 Å². The Morgan fingerprint density at radius 1 is 1.37 bits per heavy atom. The number of anilines is 1. The average molecular weight is 257 g/mol. The molecule has 1 aromatic heterocycles. The van der Waals surface area contributed by atoms with Crippen molar-refractivity contribution in [1.82, 2.24) is 10.3 Å². The van der Waals surface area contributed by atoms with Crippen LogP contribution < -0.4 is 15.8 Å². The monoisotopic (exact) mass is 257 g/mol. The standard InChI is InChI=1S/C15H19N3O/c1-3-19-12-6-4-5-11(9-12)15(17-2)13-10-18-8-7-14(13)16/h4-10,15,17H,3H2,1-2H3,(H2,16,18). The summed E-state index contributed by atoms with van der Waals surface area (Å²) in [5, 5.41) is 3.27. The maximum absolute atomic E-state index is 6.02. The van der Waals surface area contributed by atoms with Crippen molar-refractivity contribution in [3.05, 3.63) is 53.9 Å². The lowest BCUT2D eigenvalue weighted by Crippen LogP contribution is -2.19. The maximum atomic E-state index is 6.02. The first kappa shape index (κ1) is 13.4. The Hall–Kier alpha value is -2.07. The molecule has 0 radical (unpaired) electrons. The van der Waals surface area contributed by atoms with Crippen molar-refractivity contribution < 1.29 is 4.74 Å². The number of ether oxygens (including phenoxy) is 1. The molecule has 1 atom stereocenters. The molecule has 1 aromatic carbocycles. The van der Waals surface area contributed by atoms with E-state index in [1.165, 1.54) is 0 Å². The van der Waals surface area contributed by atoms with Gasteiger partial charge in [0.25, 0.3) is 0 Å². The summed E-state index contributed by atoms with van der Waals surface area (Å²) in [4.78, 5) is 4.15. The normalized spacial score (nSPS) is 12.1. The van der Waals surface area contributed by atoms with Gasteiger partial charge in [-0.15, -0.1) is 0 Å². The molecule has 0 spiro atoms. The topological polar surface area (TPSA) is 60.2 Å².